The summed E-state index contributed by atoms with van der Waals surface area (Å²) in [6.07, 6.45) is 0. The molecule has 7 heteroatoms. The molecule has 1 N–H and O–H groups in total. The predicted octanol–water partition coefficient (Wildman–Crippen LogP) is 1.67. The number of tetrazole rings is 1. The zero-order chi connectivity index (χ0) is 15.2. The molecule has 6 nitrogen and oxygen atoms in total. The van der Waals surface area contributed by atoms with Crippen LogP contribution in [0.5, 0.6) is 5.75 Å². The molecule has 0 amide bonds. The van der Waals surface area contributed by atoms with Crippen LogP contribution in [0.15, 0.2) is 18.2 Å². The van der Waals surface area contributed by atoms with Gasteiger partial charge in [-0.05, 0) is 35.4 Å². The highest BCUT2D eigenvalue weighted by Gasteiger charge is 2.07. The van der Waals surface area contributed by atoms with Crippen molar-refractivity contribution in [1.29, 1.82) is 0 Å². The summed E-state index contributed by atoms with van der Waals surface area (Å²) in [5, 5.41) is 14.7. The highest BCUT2D eigenvalue weighted by atomic mass is 19.1. The maximum Gasteiger partial charge on any atom is 0.212 e. The summed E-state index contributed by atoms with van der Waals surface area (Å²) >= 11 is 0. The molecular weight excluding hydrogens is 273 g/mol. The van der Waals surface area contributed by atoms with Gasteiger partial charge in [-0.2, -0.15) is 4.80 Å². The number of rotatable bonds is 7. The average molecular weight is 293 g/mol. The van der Waals surface area contributed by atoms with E-state index in [-0.39, 0.29) is 18.2 Å². The summed E-state index contributed by atoms with van der Waals surface area (Å²) in [7, 11) is 1.66. The Morgan fingerprint density at radius 1 is 1.38 bits per heavy atom. The third kappa shape index (κ3) is 4.78. The van der Waals surface area contributed by atoms with Crippen LogP contribution in [0.4, 0.5) is 4.39 Å². The first kappa shape index (κ1) is 15.4. The molecule has 0 aliphatic rings. The summed E-state index contributed by atoms with van der Waals surface area (Å²) in [6, 6.07) is 4.95. The maximum atomic E-state index is 13.9. The van der Waals surface area contributed by atoms with E-state index in [0.717, 1.165) is 12.1 Å². The van der Waals surface area contributed by atoms with Crippen LogP contribution in [0.25, 0.3) is 0 Å². The number of ether oxygens (including phenoxy) is 1. The lowest BCUT2D eigenvalue weighted by atomic mass is 10.2. The van der Waals surface area contributed by atoms with E-state index in [1.165, 1.54) is 10.9 Å². The highest BCUT2D eigenvalue weighted by molar-refractivity contribution is 5.29. The van der Waals surface area contributed by atoms with Gasteiger partial charge in [-0.15, -0.1) is 10.2 Å². The molecule has 0 unspecified atom stereocenters. The smallest absolute Gasteiger partial charge is 0.212 e. The van der Waals surface area contributed by atoms with Gasteiger partial charge in [-0.3, -0.25) is 0 Å². The Kier molecular flexibility index (Phi) is 5.21. The first-order valence-electron chi connectivity index (χ1n) is 6.89. The van der Waals surface area contributed by atoms with Crippen molar-refractivity contribution in [2.24, 2.45) is 13.0 Å². The minimum Gasteiger partial charge on any atom is -0.482 e. The van der Waals surface area contributed by atoms with Gasteiger partial charge in [-0.25, -0.2) is 4.39 Å². The number of halogens is 1. The first-order chi connectivity index (χ1) is 10.0. The van der Waals surface area contributed by atoms with E-state index in [9.17, 15) is 4.39 Å². The van der Waals surface area contributed by atoms with E-state index >= 15 is 0 Å². The minimum absolute atomic E-state index is 0.0930. The SMILES string of the molecule is CC(C)CNCc1ccc(OCc2nnn(C)n2)c(F)c1. The van der Waals surface area contributed by atoms with E-state index in [1.54, 1.807) is 13.1 Å². The second-order valence-electron chi connectivity index (χ2n) is 5.27. The molecule has 0 aliphatic carbocycles. The van der Waals surface area contributed by atoms with Gasteiger partial charge in [0.25, 0.3) is 0 Å². The molecule has 2 aromatic rings. The second-order valence-corrected chi connectivity index (χ2v) is 5.27. The summed E-state index contributed by atoms with van der Waals surface area (Å²) in [4.78, 5) is 1.33. The quantitative estimate of drug-likeness (QED) is 0.841. The molecule has 0 saturated carbocycles. The van der Waals surface area contributed by atoms with Gasteiger partial charge in [0.15, 0.2) is 18.2 Å². The zero-order valence-corrected chi connectivity index (χ0v) is 12.5. The van der Waals surface area contributed by atoms with Crippen molar-refractivity contribution in [2.75, 3.05) is 6.54 Å². The fourth-order valence-corrected chi connectivity index (χ4v) is 1.80. The Bertz CT molecular complexity index is 584. The molecule has 0 fully saturated rings. The summed E-state index contributed by atoms with van der Waals surface area (Å²) < 4.78 is 19.3. The molecule has 1 heterocycles. The van der Waals surface area contributed by atoms with Crippen LogP contribution < -0.4 is 10.1 Å². The van der Waals surface area contributed by atoms with E-state index < -0.39 is 0 Å². The van der Waals surface area contributed by atoms with Crippen molar-refractivity contribution >= 4 is 0 Å². The van der Waals surface area contributed by atoms with Gasteiger partial charge < -0.3 is 10.1 Å². The van der Waals surface area contributed by atoms with Gasteiger partial charge in [-0.1, -0.05) is 19.9 Å². The fourth-order valence-electron chi connectivity index (χ4n) is 1.80. The van der Waals surface area contributed by atoms with Crippen LogP contribution >= 0.6 is 0 Å². The molecule has 0 saturated heterocycles. The zero-order valence-electron chi connectivity index (χ0n) is 12.5. The molecule has 0 spiro atoms. The Hall–Kier alpha value is -2.02. The van der Waals surface area contributed by atoms with Crippen molar-refractivity contribution in [3.05, 3.63) is 35.4 Å². The first-order valence-corrected chi connectivity index (χ1v) is 6.89. The monoisotopic (exact) mass is 293 g/mol. The number of benzene rings is 1. The van der Waals surface area contributed by atoms with Crippen LogP contribution in [0.2, 0.25) is 0 Å². The van der Waals surface area contributed by atoms with Crippen LogP contribution in [-0.4, -0.2) is 26.8 Å². The predicted molar refractivity (Wildman–Crippen MR) is 76.1 cm³/mol. The van der Waals surface area contributed by atoms with Crippen LogP contribution in [-0.2, 0) is 20.2 Å². The summed E-state index contributed by atoms with van der Waals surface area (Å²) in [5.41, 5.74) is 0.887. The highest BCUT2D eigenvalue weighted by Crippen LogP contribution is 2.19. The molecular formula is C14H20FN5O. The van der Waals surface area contributed by atoms with Crippen molar-refractivity contribution in [3.63, 3.8) is 0 Å². The van der Waals surface area contributed by atoms with E-state index in [4.69, 9.17) is 4.74 Å². The Morgan fingerprint density at radius 3 is 2.81 bits per heavy atom. The lowest BCUT2D eigenvalue weighted by molar-refractivity contribution is 0.280. The van der Waals surface area contributed by atoms with Crippen molar-refractivity contribution < 1.29 is 9.13 Å². The lowest BCUT2D eigenvalue weighted by Crippen LogP contribution is -2.19. The number of hydrogen-bond donors (Lipinski definition) is 1. The molecule has 0 bridgehead atoms. The third-order valence-electron chi connectivity index (χ3n) is 2.78. The average Bonchev–Trinajstić information content (AvgIpc) is 2.83. The molecule has 1 aromatic carbocycles. The lowest BCUT2D eigenvalue weighted by Gasteiger charge is -2.09. The molecule has 0 atom stereocenters. The van der Waals surface area contributed by atoms with Gasteiger partial charge in [0, 0.05) is 6.54 Å². The molecule has 2 rings (SSSR count). The normalized spacial score (nSPS) is 11.1. The number of aryl methyl sites for hydroxylation is 1. The van der Waals surface area contributed by atoms with Crippen LogP contribution in [0.3, 0.4) is 0 Å². The van der Waals surface area contributed by atoms with Crippen molar-refractivity contribution in [1.82, 2.24) is 25.5 Å². The largest absolute Gasteiger partial charge is 0.482 e. The minimum atomic E-state index is -0.386. The van der Waals surface area contributed by atoms with Crippen LogP contribution in [0.1, 0.15) is 25.2 Å². The number of aromatic nitrogens is 4. The Labute approximate surface area is 123 Å². The van der Waals surface area contributed by atoms with E-state index in [0.29, 0.717) is 18.3 Å². The Morgan fingerprint density at radius 2 is 2.19 bits per heavy atom. The molecule has 0 radical (unpaired) electrons. The summed E-state index contributed by atoms with van der Waals surface area (Å²) in [6.45, 7) is 5.89. The number of nitrogens with zero attached hydrogens (tertiary/aromatic N) is 4. The molecule has 1 aromatic heterocycles. The fraction of sp³-hybridized carbons (Fsp3) is 0.500. The van der Waals surface area contributed by atoms with E-state index in [2.05, 4.69) is 34.6 Å². The standard InChI is InChI=1S/C14H20FN5O/c1-10(2)7-16-8-11-4-5-13(12(15)6-11)21-9-14-17-19-20(3)18-14/h4-6,10,16H,7-9H2,1-3H3. The van der Waals surface area contributed by atoms with Gasteiger partial charge in [0.1, 0.15) is 0 Å². The van der Waals surface area contributed by atoms with Crippen molar-refractivity contribution in [2.45, 2.75) is 27.0 Å². The van der Waals surface area contributed by atoms with Gasteiger partial charge in [0.05, 0.1) is 7.05 Å². The third-order valence-corrected chi connectivity index (χ3v) is 2.78. The van der Waals surface area contributed by atoms with Gasteiger partial charge in [0.2, 0.25) is 5.82 Å². The second kappa shape index (κ2) is 7.12. The maximum absolute atomic E-state index is 13.9. The Balaban J connectivity index is 1.89. The molecule has 21 heavy (non-hydrogen) atoms. The van der Waals surface area contributed by atoms with E-state index in [1.807, 2.05) is 6.07 Å². The topological polar surface area (TPSA) is 64.9 Å². The van der Waals surface area contributed by atoms with Gasteiger partial charge >= 0.3 is 0 Å². The number of nitrogens with one attached hydrogen (secondary N) is 1. The number of hydrogen-bond acceptors (Lipinski definition) is 5. The molecule has 114 valence electrons. The van der Waals surface area contributed by atoms with Crippen molar-refractivity contribution in [3.8, 4) is 5.75 Å². The summed E-state index contributed by atoms with van der Waals surface area (Å²) in [5.74, 6) is 0.786. The molecule has 0 aliphatic heterocycles. The van der Waals surface area contributed by atoms with Crippen LogP contribution in [0, 0.1) is 11.7 Å².